The Morgan fingerprint density at radius 3 is 2.26 bits per heavy atom. The van der Waals surface area contributed by atoms with Crippen LogP contribution in [0.2, 0.25) is 0 Å². The van der Waals surface area contributed by atoms with Crippen molar-refractivity contribution in [2.75, 3.05) is 19.6 Å². The molecule has 3 amide bonds. The summed E-state index contributed by atoms with van der Waals surface area (Å²) < 4.78 is 0. The van der Waals surface area contributed by atoms with Crippen LogP contribution in [-0.2, 0) is 14.4 Å². The number of likely N-dealkylation sites (tertiary alicyclic amines) is 2. The minimum Gasteiger partial charge on any atom is -0.342 e. The van der Waals surface area contributed by atoms with Crippen molar-refractivity contribution in [3.8, 4) is 0 Å². The predicted octanol–water partition coefficient (Wildman–Crippen LogP) is 3.86. The molecule has 0 radical (unpaired) electrons. The molecule has 0 bridgehead atoms. The molecule has 154 valence electrons. The zero-order valence-electron chi connectivity index (χ0n) is 18.1. The maximum Gasteiger partial charge on any atom is 0.236 e. The second kappa shape index (κ2) is 8.32. The van der Waals surface area contributed by atoms with E-state index in [0.717, 1.165) is 32.4 Å². The third-order valence-electron chi connectivity index (χ3n) is 6.91. The Labute approximate surface area is 164 Å². The third-order valence-corrected chi connectivity index (χ3v) is 6.91. The van der Waals surface area contributed by atoms with Crippen molar-refractivity contribution in [3.05, 3.63) is 0 Å². The van der Waals surface area contributed by atoms with Gasteiger partial charge in [-0.2, -0.15) is 0 Å². The number of carbonyl (C=O) groups excluding carboxylic acids is 3. The maximum atomic E-state index is 12.8. The van der Waals surface area contributed by atoms with E-state index < -0.39 is 5.41 Å². The summed E-state index contributed by atoms with van der Waals surface area (Å²) in [5.41, 5.74) is -0.233. The lowest BCUT2D eigenvalue weighted by atomic mass is 9.73. The Morgan fingerprint density at radius 1 is 1.15 bits per heavy atom. The number of rotatable bonds is 8. The summed E-state index contributed by atoms with van der Waals surface area (Å²) in [6.45, 7) is 15.0. The third kappa shape index (κ3) is 4.55. The average Bonchev–Trinajstić information content (AvgIpc) is 2.76. The van der Waals surface area contributed by atoms with Gasteiger partial charge in [0.25, 0.3) is 0 Å². The Balaban J connectivity index is 1.68. The van der Waals surface area contributed by atoms with Crippen LogP contribution in [-0.4, -0.2) is 47.2 Å². The van der Waals surface area contributed by atoms with Gasteiger partial charge in [0.15, 0.2) is 0 Å². The SMILES string of the molecule is CCC1(C(C)C)CC(=O)N(CCCCCC(=O)N2CC(C(C)(C)C)C2)C1=O. The van der Waals surface area contributed by atoms with Gasteiger partial charge in [0.2, 0.25) is 17.7 Å². The number of hydrogen-bond donors (Lipinski definition) is 0. The first-order valence-corrected chi connectivity index (χ1v) is 10.7. The fraction of sp³-hybridized carbons (Fsp3) is 0.864. The number of imide groups is 1. The van der Waals surface area contributed by atoms with Crippen LogP contribution in [0.15, 0.2) is 0 Å². The van der Waals surface area contributed by atoms with Gasteiger partial charge < -0.3 is 4.90 Å². The van der Waals surface area contributed by atoms with E-state index in [1.54, 1.807) is 0 Å². The minimum atomic E-state index is -0.506. The van der Waals surface area contributed by atoms with Gasteiger partial charge in [-0.25, -0.2) is 0 Å². The van der Waals surface area contributed by atoms with Gasteiger partial charge in [0.05, 0.1) is 5.41 Å². The molecule has 1 unspecified atom stereocenters. The molecule has 1 atom stereocenters. The lowest BCUT2D eigenvalue weighted by Gasteiger charge is -2.46. The standard InChI is InChI=1S/C22H38N2O3/c1-7-22(16(2)3)13-19(26)24(20(22)27)12-10-8-9-11-18(25)23-14-17(15-23)21(4,5)6/h16-17H,7-15H2,1-6H3. The molecule has 0 spiro atoms. The second-order valence-corrected chi connectivity index (χ2v) is 9.86. The van der Waals surface area contributed by atoms with E-state index >= 15 is 0 Å². The van der Waals surface area contributed by atoms with Gasteiger partial charge in [-0.15, -0.1) is 0 Å². The van der Waals surface area contributed by atoms with Crippen LogP contribution in [0.3, 0.4) is 0 Å². The zero-order valence-corrected chi connectivity index (χ0v) is 18.1. The summed E-state index contributed by atoms with van der Waals surface area (Å²) in [4.78, 5) is 40.8. The summed E-state index contributed by atoms with van der Waals surface area (Å²) in [6.07, 6.45) is 4.12. The van der Waals surface area contributed by atoms with Crippen LogP contribution in [0.4, 0.5) is 0 Å². The molecule has 2 rings (SSSR count). The summed E-state index contributed by atoms with van der Waals surface area (Å²) >= 11 is 0. The summed E-state index contributed by atoms with van der Waals surface area (Å²) in [5, 5.41) is 0. The zero-order chi connectivity index (χ0) is 20.4. The van der Waals surface area contributed by atoms with Crippen molar-refractivity contribution in [1.29, 1.82) is 0 Å². The van der Waals surface area contributed by atoms with Crippen LogP contribution in [0.5, 0.6) is 0 Å². The highest BCUT2D eigenvalue weighted by molar-refractivity contribution is 6.06. The fourth-order valence-electron chi connectivity index (χ4n) is 4.30. The molecule has 0 aromatic heterocycles. The van der Waals surface area contributed by atoms with Crippen LogP contribution >= 0.6 is 0 Å². The smallest absolute Gasteiger partial charge is 0.236 e. The fourth-order valence-corrected chi connectivity index (χ4v) is 4.30. The van der Waals surface area contributed by atoms with Gasteiger partial charge in [-0.3, -0.25) is 19.3 Å². The summed E-state index contributed by atoms with van der Waals surface area (Å²) in [5.74, 6) is 1.01. The molecule has 0 saturated carbocycles. The summed E-state index contributed by atoms with van der Waals surface area (Å²) in [6, 6.07) is 0. The van der Waals surface area contributed by atoms with E-state index in [1.807, 2.05) is 25.7 Å². The monoisotopic (exact) mass is 378 g/mol. The van der Waals surface area contributed by atoms with Crippen molar-refractivity contribution >= 4 is 17.7 Å². The molecule has 2 saturated heterocycles. The highest BCUT2D eigenvalue weighted by Gasteiger charge is 2.51. The van der Waals surface area contributed by atoms with Gasteiger partial charge in [-0.1, -0.05) is 48.0 Å². The van der Waals surface area contributed by atoms with Gasteiger partial charge in [-0.05, 0) is 36.5 Å². The van der Waals surface area contributed by atoms with E-state index in [0.29, 0.717) is 31.7 Å². The normalized spacial score (nSPS) is 24.1. The van der Waals surface area contributed by atoms with Crippen molar-refractivity contribution in [2.45, 2.75) is 80.1 Å². The minimum absolute atomic E-state index is 0.00915. The highest BCUT2D eigenvalue weighted by Crippen LogP contribution is 2.42. The van der Waals surface area contributed by atoms with Crippen LogP contribution in [0, 0.1) is 22.7 Å². The molecule has 0 N–H and O–H groups in total. The number of hydrogen-bond acceptors (Lipinski definition) is 3. The highest BCUT2D eigenvalue weighted by atomic mass is 16.2. The van der Waals surface area contributed by atoms with Gasteiger partial charge in [0, 0.05) is 32.5 Å². The Kier molecular flexibility index (Phi) is 6.75. The molecular weight excluding hydrogens is 340 g/mol. The van der Waals surface area contributed by atoms with Gasteiger partial charge in [0.1, 0.15) is 0 Å². The lowest BCUT2D eigenvalue weighted by molar-refractivity contribution is -0.143. The molecule has 2 fully saturated rings. The largest absolute Gasteiger partial charge is 0.342 e. The van der Waals surface area contributed by atoms with E-state index in [-0.39, 0.29) is 29.1 Å². The molecule has 5 heteroatoms. The first-order chi connectivity index (χ1) is 12.5. The topological polar surface area (TPSA) is 57.7 Å². The predicted molar refractivity (Wildman–Crippen MR) is 107 cm³/mol. The maximum absolute atomic E-state index is 12.8. The Morgan fingerprint density at radius 2 is 1.78 bits per heavy atom. The molecule has 27 heavy (non-hydrogen) atoms. The summed E-state index contributed by atoms with van der Waals surface area (Å²) in [7, 11) is 0. The first-order valence-electron chi connectivity index (χ1n) is 10.7. The Bertz CT molecular complexity index is 573. The van der Waals surface area contributed by atoms with E-state index in [2.05, 4.69) is 20.8 Å². The van der Waals surface area contributed by atoms with Crippen molar-refractivity contribution in [2.24, 2.45) is 22.7 Å². The lowest BCUT2D eigenvalue weighted by Crippen LogP contribution is -2.54. The number of amides is 3. The van der Waals surface area contributed by atoms with Crippen molar-refractivity contribution in [1.82, 2.24) is 9.80 Å². The molecular formula is C22H38N2O3. The quantitative estimate of drug-likeness (QED) is 0.476. The average molecular weight is 379 g/mol. The van der Waals surface area contributed by atoms with Crippen LogP contribution in [0.1, 0.15) is 80.1 Å². The van der Waals surface area contributed by atoms with Crippen LogP contribution in [0.25, 0.3) is 0 Å². The van der Waals surface area contributed by atoms with Gasteiger partial charge >= 0.3 is 0 Å². The number of nitrogens with zero attached hydrogens (tertiary/aromatic N) is 2. The molecule has 2 aliphatic rings. The Hall–Kier alpha value is -1.39. The number of unbranched alkanes of at least 4 members (excludes halogenated alkanes) is 2. The molecule has 0 aliphatic carbocycles. The van der Waals surface area contributed by atoms with E-state index in [4.69, 9.17) is 0 Å². The molecule has 2 aliphatic heterocycles. The molecule has 5 nitrogen and oxygen atoms in total. The van der Waals surface area contributed by atoms with E-state index in [9.17, 15) is 14.4 Å². The first kappa shape index (κ1) is 21.9. The molecule has 0 aromatic carbocycles. The van der Waals surface area contributed by atoms with E-state index in [1.165, 1.54) is 4.90 Å². The molecule has 0 aromatic rings. The second-order valence-electron chi connectivity index (χ2n) is 9.86. The van der Waals surface area contributed by atoms with Crippen LogP contribution < -0.4 is 0 Å². The number of carbonyl (C=O) groups is 3. The van der Waals surface area contributed by atoms with Crippen molar-refractivity contribution < 1.29 is 14.4 Å². The molecule has 2 heterocycles. The van der Waals surface area contributed by atoms with Crippen molar-refractivity contribution in [3.63, 3.8) is 0 Å².